The maximum absolute atomic E-state index is 12.2. The molecule has 0 aliphatic carbocycles. The molecule has 0 saturated heterocycles. The van der Waals surface area contributed by atoms with Crippen LogP contribution in [-0.4, -0.2) is 5.97 Å². The van der Waals surface area contributed by atoms with Gasteiger partial charge in [-0.3, -0.25) is 4.79 Å². The van der Waals surface area contributed by atoms with Crippen molar-refractivity contribution in [3.05, 3.63) is 64.9 Å². The molecule has 0 aliphatic heterocycles. The second-order valence-electron chi connectivity index (χ2n) is 5.92. The Kier molecular flexibility index (Phi) is 4.20. The average Bonchev–Trinajstić information content (AvgIpc) is 2.88. The molecule has 0 N–H and O–H groups in total. The summed E-state index contributed by atoms with van der Waals surface area (Å²) in [6.45, 7) is 6.08. The van der Waals surface area contributed by atoms with E-state index in [-0.39, 0.29) is 12.4 Å². The minimum atomic E-state index is -0.278. The lowest BCUT2D eigenvalue weighted by Gasteiger charge is -2.06. The molecule has 118 valence electrons. The Morgan fingerprint density at radius 1 is 1.09 bits per heavy atom. The lowest BCUT2D eigenvalue weighted by molar-refractivity contribution is -0.133. The number of rotatable bonds is 4. The highest BCUT2D eigenvalue weighted by molar-refractivity contribution is 5.86. The highest BCUT2D eigenvalue weighted by Crippen LogP contribution is 2.24. The quantitative estimate of drug-likeness (QED) is 0.515. The first kappa shape index (κ1) is 15.3. The summed E-state index contributed by atoms with van der Waals surface area (Å²) in [7, 11) is 0. The Balaban J connectivity index is 1.80. The molecule has 3 nitrogen and oxygen atoms in total. The number of hydrogen-bond donors (Lipinski definition) is 0. The van der Waals surface area contributed by atoms with E-state index in [4.69, 9.17) is 9.15 Å². The molecule has 0 spiro atoms. The Hall–Kier alpha value is -2.55. The van der Waals surface area contributed by atoms with Crippen molar-refractivity contribution in [3.63, 3.8) is 0 Å². The molecule has 23 heavy (non-hydrogen) atoms. The van der Waals surface area contributed by atoms with E-state index in [1.165, 1.54) is 5.56 Å². The van der Waals surface area contributed by atoms with Crippen LogP contribution in [0.3, 0.4) is 0 Å². The topological polar surface area (TPSA) is 39.4 Å². The summed E-state index contributed by atoms with van der Waals surface area (Å²) in [5, 5.41) is 0.988. The molecule has 1 heterocycles. The van der Waals surface area contributed by atoms with E-state index >= 15 is 0 Å². The molecule has 1 aromatic heterocycles. The second-order valence-corrected chi connectivity index (χ2v) is 5.92. The maximum Gasteiger partial charge on any atom is 0.315 e. The molecule has 0 radical (unpaired) electrons. The van der Waals surface area contributed by atoms with Gasteiger partial charge in [0.1, 0.15) is 11.3 Å². The van der Waals surface area contributed by atoms with Crippen molar-refractivity contribution in [2.24, 2.45) is 0 Å². The zero-order valence-electron chi connectivity index (χ0n) is 13.7. The van der Waals surface area contributed by atoms with Crippen molar-refractivity contribution >= 4 is 16.9 Å². The molecule has 0 unspecified atom stereocenters. The van der Waals surface area contributed by atoms with Crippen molar-refractivity contribution in [1.82, 2.24) is 0 Å². The smallest absolute Gasteiger partial charge is 0.315 e. The second kappa shape index (κ2) is 6.29. The molecule has 2 aromatic carbocycles. The fourth-order valence-corrected chi connectivity index (χ4v) is 2.80. The molecule has 0 atom stereocenters. The maximum atomic E-state index is 12.2. The van der Waals surface area contributed by atoms with E-state index in [1.54, 1.807) is 6.26 Å². The number of furan rings is 1. The first-order valence-corrected chi connectivity index (χ1v) is 7.83. The molecule has 3 heteroatoms. The van der Waals surface area contributed by atoms with Gasteiger partial charge in [-0.15, -0.1) is 0 Å². The van der Waals surface area contributed by atoms with Gasteiger partial charge in [-0.25, -0.2) is 0 Å². The zero-order chi connectivity index (χ0) is 16.4. The number of carbonyl (C=O) groups excluding carboxylic acids is 1. The van der Waals surface area contributed by atoms with Crippen LogP contribution in [0.1, 0.15) is 29.2 Å². The standard InChI is InChI=1S/C20H20O3/c1-4-15-5-6-19-18(10-15)16(12-22-19)11-20(21)23-17-8-13(2)7-14(3)9-17/h5-10,12H,4,11H2,1-3H3. The third kappa shape index (κ3) is 3.45. The number of benzene rings is 2. The van der Waals surface area contributed by atoms with Crippen LogP contribution in [0, 0.1) is 13.8 Å². The summed E-state index contributed by atoms with van der Waals surface area (Å²) in [5.74, 6) is 0.314. The highest BCUT2D eigenvalue weighted by Gasteiger charge is 2.13. The SMILES string of the molecule is CCc1ccc2occ(CC(=O)Oc3cc(C)cc(C)c3)c2c1. The molecule has 0 amide bonds. The zero-order valence-corrected chi connectivity index (χ0v) is 13.7. The molecule has 0 saturated carbocycles. The van der Waals surface area contributed by atoms with Gasteiger partial charge in [0.2, 0.25) is 0 Å². The Labute approximate surface area is 135 Å². The van der Waals surface area contributed by atoms with Crippen LogP contribution in [0.15, 0.2) is 47.1 Å². The lowest BCUT2D eigenvalue weighted by Crippen LogP contribution is -2.11. The van der Waals surface area contributed by atoms with Crippen molar-refractivity contribution in [2.45, 2.75) is 33.6 Å². The largest absolute Gasteiger partial charge is 0.464 e. The van der Waals surface area contributed by atoms with Crippen molar-refractivity contribution < 1.29 is 13.9 Å². The van der Waals surface area contributed by atoms with Gasteiger partial charge in [0.05, 0.1) is 12.7 Å². The van der Waals surface area contributed by atoms with Crippen molar-refractivity contribution in [3.8, 4) is 5.75 Å². The monoisotopic (exact) mass is 308 g/mol. The predicted molar refractivity (Wildman–Crippen MR) is 90.8 cm³/mol. The summed E-state index contributed by atoms with van der Waals surface area (Å²) in [6, 6.07) is 11.9. The van der Waals surface area contributed by atoms with Crippen LogP contribution in [0.2, 0.25) is 0 Å². The predicted octanol–water partition coefficient (Wildman–Crippen LogP) is 4.76. The third-order valence-corrected chi connectivity index (χ3v) is 3.89. The fraction of sp³-hybridized carbons (Fsp3) is 0.250. The van der Waals surface area contributed by atoms with Crippen LogP contribution in [0.5, 0.6) is 5.75 Å². The molecule has 3 aromatic rings. The summed E-state index contributed by atoms with van der Waals surface area (Å²) < 4.78 is 11.0. The molecule has 0 bridgehead atoms. The Bertz CT molecular complexity index is 838. The molecule has 0 fully saturated rings. The normalized spacial score (nSPS) is 10.9. The lowest BCUT2D eigenvalue weighted by atomic mass is 10.1. The van der Waals surface area contributed by atoms with E-state index in [9.17, 15) is 4.79 Å². The Morgan fingerprint density at radius 3 is 2.52 bits per heavy atom. The number of ether oxygens (including phenoxy) is 1. The van der Waals surface area contributed by atoms with Gasteiger partial charge in [0.15, 0.2) is 0 Å². The molecule has 3 rings (SSSR count). The van der Waals surface area contributed by atoms with Crippen LogP contribution in [0.25, 0.3) is 11.0 Å². The van der Waals surface area contributed by atoms with Crippen LogP contribution in [0.4, 0.5) is 0 Å². The van der Waals surface area contributed by atoms with Crippen LogP contribution >= 0.6 is 0 Å². The van der Waals surface area contributed by atoms with E-state index in [1.807, 2.05) is 44.2 Å². The number of carbonyl (C=O) groups is 1. The first-order chi connectivity index (χ1) is 11.0. The van der Waals surface area contributed by atoms with E-state index in [0.29, 0.717) is 5.75 Å². The average molecular weight is 308 g/mol. The van der Waals surface area contributed by atoms with Gasteiger partial charge in [-0.1, -0.05) is 19.1 Å². The van der Waals surface area contributed by atoms with E-state index < -0.39 is 0 Å². The number of aryl methyl sites for hydroxylation is 3. The van der Waals surface area contributed by atoms with Gasteiger partial charge in [0, 0.05) is 10.9 Å². The van der Waals surface area contributed by atoms with Crippen molar-refractivity contribution in [2.75, 3.05) is 0 Å². The number of hydrogen-bond acceptors (Lipinski definition) is 3. The van der Waals surface area contributed by atoms with E-state index in [0.717, 1.165) is 34.1 Å². The van der Waals surface area contributed by atoms with Gasteiger partial charge >= 0.3 is 5.97 Å². The highest BCUT2D eigenvalue weighted by atomic mass is 16.5. The third-order valence-electron chi connectivity index (χ3n) is 3.89. The van der Waals surface area contributed by atoms with Gasteiger partial charge in [0.25, 0.3) is 0 Å². The molecular weight excluding hydrogens is 288 g/mol. The minimum absolute atomic E-state index is 0.202. The summed E-state index contributed by atoms with van der Waals surface area (Å²) in [5.41, 5.74) is 5.05. The van der Waals surface area contributed by atoms with Crippen molar-refractivity contribution in [1.29, 1.82) is 0 Å². The summed E-state index contributed by atoms with van der Waals surface area (Å²) >= 11 is 0. The Morgan fingerprint density at radius 2 is 1.83 bits per heavy atom. The summed E-state index contributed by atoms with van der Waals surface area (Å²) in [6.07, 6.45) is 2.80. The number of esters is 1. The fourth-order valence-electron chi connectivity index (χ4n) is 2.80. The number of fused-ring (bicyclic) bond motifs is 1. The van der Waals surface area contributed by atoms with Gasteiger partial charge < -0.3 is 9.15 Å². The van der Waals surface area contributed by atoms with Crippen LogP contribution in [-0.2, 0) is 17.6 Å². The molecular formula is C20H20O3. The summed E-state index contributed by atoms with van der Waals surface area (Å²) in [4.78, 5) is 12.2. The van der Waals surface area contributed by atoms with E-state index in [2.05, 4.69) is 13.0 Å². The first-order valence-electron chi connectivity index (χ1n) is 7.83. The molecule has 0 aliphatic rings. The van der Waals surface area contributed by atoms with Gasteiger partial charge in [-0.2, -0.15) is 0 Å². The van der Waals surface area contributed by atoms with Gasteiger partial charge in [-0.05, 0) is 61.2 Å². The van der Waals surface area contributed by atoms with Crippen LogP contribution < -0.4 is 4.74 Å². The minimum Gasteiger partial charge on any atom is -0.464 e.